The van der Waals surface area contributed by atoms with Crippen molar-refractivity contribution in [2.24, 2.45) is 0 Å². The van der Waals surface area contributed by atoms with E-state index in [0.717, 1.165) is 23.7 Å². The Morgan fingerprint density at radius 1 is 1.12 bits per heavy atom. The topological polar surface area (TPSA) is 37.4 Å². The van der Waals surface area contributed by atoms with Crippen molar-refractivity contribution in [2.45, 2.75) is 23.1 Å². The van der Waals surface area contributed by atoms with Crippen LogP contribution in [0.1, 0.15) is 18.4 Å². The van der Waals surface area contributed by atoms with Crippen molar-refractivity contribution in [3.05, 3.63) is 29.8 Å². The first-order valence-corrected chi connectivity index (χ1v) is 7.86. The molecule has 0 spiro atoms. The molecule has 1 aliphatic heterocycles. The fraction of sp³-hybridized carbons (Fsp3) is 0.455. The van der Waals surface area contributed by atoms with Gasteiger partial charge in [-0.15, -0.1) is 0 Å². The molecule has 1 aromatic carbocycles. The highest BCUT2D eigenvalue weighted by Crippen LogP contribution is 2.21. The minimum absolute atomic E-state index is 0.402. The predicted molar refractivity (Wildman–Crippen MR) is 67.1 cm³/mol. The fourth-order valence-electron chi connectivity index (χ4n) is 1.83. The quantitative estimate of drug-likeness (QED) is 0.804. The lowest BCUT2D eigenvalue weighted by molar-refractivity contribution is 0.477. The summed E-state index contributed by atoms with van der Waals surface area (Å²) >= 11 is 3.34. The summed E-state index contributed by atoms with van der Waals surface area (Å²) in [6.07, 6.45) is 1.94. The van der Waals surface area contributed by atoms with E-state index < -0.39 is 10.0 Å². The molecule has 0 aromatic heterocycles. The Morgan fingerprint density at radius 3 is 2.19 bits per heavy atom. The standard InChI is InChI=1S/C11H14BrNO2S/c12-9-10-3-5-11(6-4-10)16(14,15)13-7-1-2-8-13/h3-6H,1-2,7-9H2. The summed E-state index contributed by atoms with van der Waals surface area (Å²) in [7, 11) is -3.25. The Kier molecular flexibility index (Phi) is 3.66. The maximum atomic E-state index is 12.1. The molecule has 1 aromatic rings. The third-order valence-corrected chi connectivity index (χ3v) is 5.34. The van der Waals surface area contributed by atoms with E-state index in [2.05, 4.69) is 15.9 Å². The van der Waals surface area contributed by atoms with Crippen LogP contribution < -0.4 is 0 Å². The van der Waals surface area contributed by atoms with E-state index in [1.54, 1.807) is 16.4 Å². The number of sulfonamides is 1. The number of benzene rings is 1. The first-order chi connectivity index (χ1) is 7.64. The molecule has 0 bridgehead atoms. The van der Waals surface area contributed by atoms with Crippen molar-refractivity contribution >= 4 is 26.0 Å². The Labute approximate surface area is 105 Å². The van der Waals surface area contributed by atoms with Gasteiger partial charge in [0.25, 0.3) is 0 Å². The van der Waals surface area contributed by atoms with Gasteiger partial charge in [0.1, 0.15) is 0 Å². The summed E-state index contributed by atoms with van der Waals surface area (Å²) in [5.74, 6) is 0. The van der Waals surface area contributed by atoms with Gasteiger partial charge in [0.05, 0.1) is 4.90 Å². The summed E-state index contributed by atoms with van der Waals surface area (Å²) < 4.78 is 25.9. The minimum Gasteiger partial charge on any atom is -0.207 e. The largest absolute Gasteiger partial charge is 0.243 e. The SMILES string of the molecule is O=S(=O)(c1ccc(CBr)cc1)N1CCCC1. The second-order valence-electron chi connectivity index (χ2n) is 3.89. The molecule has 88 valence electrons. The molecule has 0 radical (unpaired) electrons. The molecule has 3 nitrogen and oxygen atoms in total. The van der Waals surface area contributed by atoms with Crippen LogP contribution >= 0.6 is 15.9 Å². The van der Waals surface area contributed by atoms with Crippen LogP contribution in [-0.4, -0.2) is 25.8 Å². The van der Waals surface area contributed by atoms with Crippen LogP contribution in [0.5, 0.6) is 0 Å². The first-order valence-electron chi connectivity index (χ1n) is 5.29. The molecule has 0 N–H and O–H groups in total. The van der Waals surface area contributed by atoms with E-state index in [1.807, 2.05) is 12.1 Å². The Bertz CT molecular complexity index is 449. The van der Waals surface area contributed by atoms with E-state index >= 15 is 0 Å². The van der Waals surface area contributed by atoms with E-state index in [1.165, 1.54) is 0 Å². The van der Waals surface area contributed by atoms with Gasteiger partial charge in [-0.2, -0.15) is 4.31 Å². The van der Waals surface area contributed by atoms with Gasteiger partial charge in [-0.05, 0) is 30.5 Å². The molecule has 16 heavy (non-hydrogen) atoms. The van der Waals surface area contributed by atoms with Gasteiger partial charge < -0.3 is 0 Å². The molecule has 0 saturated carbocycles. The van der Waals surface area contributed by atoms with Crippen molar-refractivity contribution in [2.75, 3.05) is 13.1 Å². The first kappa shape index (κ1) is 12.1. The number of nitrogens with zero attached hydrogens (tertiary/aromatic N) is 1. The van der Waals surface area contributed by atoms with Crippen molar-refractivity contribution in [3.8, 4) is 0 Å². The summed E-state index contributed by atoms with van der Waals surface area (Å²) in [5.41, 5.74) is 1.08. The molecule has 0 unspecified atom stereocenters. The van der Waals surface area contributed by atoms with Crippen molar-refractivity contribution in [1.82, 2.24) is 4.31 Å². The van der Waals surface area contributed by atoms with Gasteiger partial charge in [0, 0.05) is 18.4 Å². The highest BCUT2D eigenvalue weighted by atomic mass is 79.9. The molecule has 0 aliphatic carbocycles. The molecule has 2 rings (SSSR count). The van der Waals surface area contributed by atoms with Crippen LogP contribution in [0.3, 0.4) is 0 Å². The lowest BCUT2D eigenvalue weighted by atomic mass is 10.2. The number of halogens is 1. The Balaban J connectivity index is 2.28. The third kappa shape index (κ3) is 2.31. The van der Waals surface area contributed by atoms with Crippen LogP contribution in [0.4, 0.5) is 0 Å². The molecular weight excluding hydrogens is 290 g/mol. The smallest absolute Gasteiger partial charge is 0.207 e. The van der Waals surface area contributed by atoms with Crippen LogP contribution in [-0.2, 0) is 15.4 Å². The van der Waals surface area contributed by atoms with Gasteiger partial charge >= 0.3 is 0 Å². The highest BCUT2D eigenvalue weighted by Gasteiger charge is 2.26. The van der Waals surface area contributed by atoms with Crippen molar-refractivity contribution in [3.63, 3.8) is 0 Å². The fourth-order valence-corrected chi connectivity index (χ4v) is 3.72. The molecule has 0 amide bonds. The summed E-state index contributed by atoms with van der Waals surface area (Å²) in [6, 6.07) is 7.06. The highest BCUT2D eigenvalue weighted by molar-refractivity contribution is 9.08. The number of rotatable bonds is 3. The van der Waals surface area contributed by atoms with E-state index in [4.69, 9.17) is 0 Å². The van der Waals surface area contributed by atoms with Gasteiger partial charge in [-0.1, -0.05) is 28.1 Å². The van der Waals surface area contributed by atoms with E-state index in [0.29, 0.717) is 18.0 Å². The van der Waals surface area contributed by atoms with E-state index in [-0.39, 0.29) is 0 Å². The van der Waals surface area contributed by atoms with Crippen LogP contribution in [0.15, 0.2) is 29.2 Å². The monoisotopic (exact) mass is 303 g/mol. The average Bonchev–Trinajstić information content (AvgIpc) is 2.83. The van der Waals surface area contributed by atoms with Crippen molar-refractivity contribution < 1.29 is 8.42 Å². The zero-order valence-corrected chi connectivity index (χ0v) is 11.3. The van der Waals surface area contributed by atoms with Crippen LogP contribution in [0.25, 0.3) is 0 Å². The normalized spacial score (nSPS) is 17.8. The van der Waals surface area contributed by atoms with Gasteiger partial charge in [-0.25, -0.2) is 8.42 Å². The van der Waals surface area contributed by atoms with E-state index in [9.17, 15) is 8.42 Å². The summed E-state index contributed by atoms with van der Waals surface area (Å²) in [5, 5.41) is 0.747. The second-order valence-corrected chi connectivity index (χ2v) is 6.39. The minimum atomic E-state index is -3.25. The van der Waals surface area contributed by atoms with Crippen LogP contribution in [0.2, 0.25) is 0 Å². The van der Waals surface area contributed by atoms with Crippen LogP contribution in [0, 0.1) is 0 Å². The zero-order chi connectivity index (χ0) is 11.6. The lowest BCUT2D eigenvalue weighted by Crippen LogP contribution is -2.27. The number of hydrogen-bond donors (Lipinski definition) is 0. The molecule has 1 aliphatic rings. The van der Waals surface area contributed by atoms with Gasteiger partial charge in [0.2, 0.25) is 10.0 Å². The lowest BCUT2D eigenvalue weighted by Gasteiger charge is -2.15. The molecule has 1 fully saturated rings. The number of alkyl halides is 1. The molecular formula is C11H14BrNO2S. The maximum absolute atomic E-state index is 12.1. The summed E-state index contributed by atoms with van der Waals surface area (Å²) in [4.78, 5) is 0.402. The Hall–Kier alpha value is -0.390. The van der Waals surface area contributed by atoms with Gasteiger partial charge in [0.15, 0.2) is 0 Å². The third-order valence-electron chi connectivity index (χ3n) is 2.78. The predicted octanol–water partition coefficient (Wildman–Crippen LogP) is 2.37. The second kappa shape index (κ2) is 4.85. The number of hydrogen-bond acceptors (Lipinski definition) is 2. The molecule has 0 atom stereocenters. The van der Waals surface area contributed by atoms with Gasteiger partial charge in [-0.3, -0.25) is 0 Å². The maximum Gasteiger partial charge on any atom is 0.243 e. The molecule has 1 saturated heterocycles. The molecule has 1 heterocycles. The zero-order valence-electron chi connectivity index (χ0n) is 8.89. The average molecular weight is 304 g/mol. The Morgan fingerprint density at radius 2 is 1.69 bits per heavy atom. The summed E-state index contributed by atoms with van der Waals surface area (Å²) in [6.45, 7) is 1.31. The van der Waals surface area contributed by atoms with Crippen molar-refractivity contribution in [1.29, 1.82) is 0 Å². The molecule has 5 heteroatoms.